The minimum absolute atomic E-state index is 0.0913. The van der Waals surface area contributed by atoms with Gasteiger partial charge in [0.05, 0.1) is 31.3 Å². The summed E-state index contributed by atoms with van der Waals surface area (Å²) in [4.78, 5) is 31.1. The molecule has 11 heteroatoms. The first-order chi connectivity index (χ1) is 15.0. The van der Waals surface area contributed by atoms with Crippen LogP contribution < -0.4 is 25.6 Å². The van der Waals surface area contributed by atoms with E-state index in [1.165, 1.54) is 14.2 Å². The fraction of sp³-hybridized carbons (Fsp3) is 0.150. The van der Waals surface area contributed by atoms with Crippen LogP contribution in [0.3, 0.4) is 0 Å². The molecular formula is C20H20N6O5. The van der Waals surface area contributed by atoms with Gasteiger partial charge in [-0.3, -0.25) is 25.8 Å². The molecule has 3 N–H and O–H groups in total. The summed E-state index contributed by atoms with van der Waals surface area (Å²) in [5.74, 6) is 0.297. The van der Waals surface area contributed by atoms with Crippen LogP contribution in [0.15, 0.2) is 54.9 Å². The van der Waals surface area contributed by atoms with Gasteiger partial charge in [0.1, 0.15) is 17.8 Å². The number of hydrazine groups is 1. The maximum absolute atomic E-state index is 12.2. The second kappa shape index (κ2) is 9.87. The first-order valence-corrected chi connectivity index (χ1v) is 9.09. The molecule has 0 unspecified atom stereocenters. The Hall–Kier alpha value is -4.41. The van der Waals surface area contributed by atoms with E-state index in [-0.39, 0.29) is 24.0 Å². The lowest BCUT2D eigenvalue weighted by molar-refractivity contribution is -0.383. The quantitative estimate of drug-likeness (QED) is 0.349. The van der Waals surface area contributed by atoms with Crippen molar-refractivity contribution in [2.24, 2.45) is 0 Å². The van der Waals surface area contributed by atoms with Gasteiger partial charge in [-0.15, -0.1) is 0 Å². The number of nitrogens with one attached hydrogen (secondary N) is 3. The number of benzene rings is 2. The van der Waals surface area contributed by atoms with E-state index < -0.39 is 10.6 Å². The summed E-state index contributed by atoms with van der Waals surface area (Å²) in [6.07, 6.45) is 1.23. The van der Waals surface area contributed by atoms with Crippen molar-refractivity contribution in [2.75, 3.05) is 25.0 Å². The Morgan fingerprint density at radius 1 is 1.06 bits per heavy atom. The Labute approximate surface area is 177 Å². The number of hydrogen-bond acceptors (Lipinski definition) is 9. The van der Waals surface area contributed by atoms with Crippen LogP contribution in [0.4, 0.5) is 23.0 Å². The van der Waals surface area contributed by atoms with Crippen LogP contribution in [0.2, 0.25) is 0 Å². The van der Waals surface area contributed by atoms with E-state index in [1.807, 2.05) is 18.2 Å². The van der Waals surface area contributed by atoms with Crippen LogP contribution in [0.5, 0.6) is 11.5 Å². The minimum atomic E-state index is -0.652. The molecule has 31 heavy (non-hydrogen) atoms. The molecule has 1 amide bonds. The third-order valence-electron chi connectivity index (χ3n) is 4.19. The topological polar surface area (TPSA) is 141 Å². The molecule has 1 heterocycles. The molecule has 11 nitrogen and oxygen atoms in total. The number of aromatic nitrogens is 2. The average Bonchev–Trinajstić information content (AvgIpc) is 2.78. The van der Waals surface area contributed by atoms with Crippen LogP contribution in [-0.2, 0) is 11.2 Å². The zero-order valence-electron chi connectivity index (χ0n) is 16.8. The van der Waals surface area contributed by atoms with Crippen LogP contribution >= 0.6 is 0 Å². The second-order valence-electron chi connectivity index (χ2n) is 6.20. The lowest BCUT2D eigenvalue weighted by atomic mass is 10.1. The van der Waals surface area contributed by atoms with E-state index in [9.17, 15) is 14.9 Å². The number of carbonyl (C=O) groups is 1. The number of rotatable bonds is 9. The molecule has 3 rings (SSSR count). The fourth-order valence-electron chi connectivity index (χ4n) is 2.73. The Morgan fingerprint density at radius 3 is 2.48 bits per heavy atom. The van der Waals surface area contributed by atoms with Crippen molar-refractivity contribution in [3.8, 4) is 11.5 Å². The van der Waals surface area contributed by atoms with Crippen molar-refractivity contribution >= 4 is 28.9 Å². The number of carbonyl (C=O) groups excluding carboxylic acids is 1. The van der Waals surface area contributed by atoms with Gasteiger partial charge in [-0.25, -0.2) is 9.97 Å². The summed E-state index contributed by atoms with van der Waals surface area (Å²) in [6, 6.07) is 14.0. The molecule has 3 aromatic rings. The van der Waals surface area contributed by atoms with Gasteiger partial charge in [-0.2, -0.15) is 0 Å². The van der Waals surface area contributed by atoms with Gasteiger partial charge >= 0.3 is 5.69 Å². The van der Waals surface area contributed by atoms with Crippen LogP contribution in [0, 0.1) is 10.1 Å². The summed E-state index contributed by atoms with van der Waals surface area (Å²) in [5, 5.41) is 14.6. The Bertz CT molecular complexity index is 1080. The second-order valence-corrected chi connectivity index (χ2v) is 6.20. The number of anilines is 3. The van der Waals surface area contributed by atoms with Crippen LogP contribution in [0.1, 0.15) is 5.56 Å². The van der Waals surface area contributed by atoms with E-state index in [2.05, 4.69) is 26.1 Å². The van der Waals surface area contributed by atoms with Crippen LogP contribution in [0.25, 0.3) is 0 Å². The molecule has 0 aliphatic rings. The predicted molar refractivity (Wildman–Crippen MR) is 113 cm³/mol. The molecule has 0 aliphatic carbocycles. The molecule has 0 saturated carbocycles. The molecule has 0 aliphatic heterocycles. The van der Waals surface area contributed by atoms with E-state index in [0.717, 1.165) is 11.9 Å². The normalized spacial score (nSPS) is 10.1. The first-order valence-electron chi connectivity index (χ1n) is 9.09. The number of amides is 1. The van der Waals surface area contributed by atoms with Crippen molar-refractivity contribution in [3.63, 3.8) is 0 Å². The molecule has 0 radical (unpaired) electrons. The predicted octanol–water partition coefficient (Wildman–Crippen LogP) is 2.83. The maximum atomic E-state index is 12.2. The Kier molecular flexibility index (Phi) is 6.78. The van der Waals surface area contributed by atoms with Gasteiger partial charge in [0.25, 0.3) is 0 Å². The minimum Gasteiger partial charge on any atom is -0.497 e. The highest BCUT2D eigenvalue weighted by Crippen LogP contribution is 2.35. The number of ether oxygens (including phenoxy) is 2. The average molecular weight is 424 g/mol. The molecule has 0 spiro atoms. The number of methoxy groups -OCH3 is 2. The largest absolute Gasteiger partial charge is 0.497 e. The van der Waals surface area contributed by atoms with Gasteiger partial charge in [-0.05, 0) is 17.7 Å². The lowest BCUT2D eigenvalue weighted by Crippen LogP contribution is -2.31. The van der Waals surface area contributed by atoms with Crippen molar-refractivity contribution in [1.29, 1.82) is 0 Å². The summed E-state index contributed by atoms with van der Waals surface area (Å²) in [7, 11) is 2.97. The summed E-state index contributed by atoms with van der Waals surface area (Å²) >= 11 is 0. The van der Waals surface area contributed by atoms with Gasteiger partial charge in [0.15, 0.2) is 0 Å². The van der Waals surface area contributed by atoms with E-state index in [1.54, 1.807) is 30.3 Å². The smallest absolute Gasteiger partial charge is 0.355 e. The lowest BCUT2D eigenvalue weighted by Gasteiger charge is -2.13. The molecule has 0 atom stereocenters. The van der Waals surface area contributed by atoms with Gasteiger partial charge < -0.3 is 14.8 Å². The number of hydrogen-bond donors (Lipinski definition) is 3. The van der Waals surface area contributed by atoms with E-state index in [0.29, 0.717) is 17.2 Å². The molecule has 1 aromatic heterocycles. The summed E-state index contributed by atoms with van der Waals surface area (Å²) in [6.45, 7) is 0. The molecule has 0 fully saturated rings. The Morgan fingerprint density at radius 2 is 1.81 bits per heavy atom. The third kappa shape index (κ3) is 5.35. The highest BCUT2D eigenvalue weighted by Gasteiger charge is 2.24. The zero-order valence-corrected chi connectivity index (χ0v) is 16.8. The zero-order chi connectivity index (χ0) is 22.2. The first kappa shape index (κ1) is 21.3. The highest BCUT2D eigenvalue weighted by molar-refractivity contribution is 5.81. The van der Waals surface area contributed by atoms with E-state index in [4.69, 9.17) is 9.47 Å². The molecule has 160 valence electrons. The van der Waals surface area contributed by atoms with Crippen molar-refractivity contribution in [2.45, 2.75) is 6.42 Å². The maximum Gasteiger partial charge on any atom is 0.355 e. The standard InChI is InChI=1S/C20H20N6O5/c1-30-14-8-9-16(31-2)15(11-14)23-19-18(26(28)29)20(22-12-21-19)25-24-17(27)10-13-6-4-3-5-7-13/h3-9,11-12H,10H2,1-2H3,(H,24,27)(H2,21,22,23,25). The number of nitro groups is 1. The highest BCUT2D eigenvalue weighted by atomic mass is 16.6. The Balaban J connectivity index is 1.81. The van der Waals surface area contributed by atoms with Gasteiger partial charge in [0, 0.05) is 6.07 Å². The van der Waals surface area contributed by atoms with E-state index >= 15 is 0 Å². The van der Waals surface area contributed by atoms with Crippen molar-refractivity contribution in [3.05, 3.63) is 70.5 Å². The SMILES string of the molecule is COc1ccc(OC)c(Nc2ncnc(NNC(=O)Cc3ccccc3)c2[N+](=O)[O-])c1. The van der Waals surface area contributed by atoms with Crippen molar-refractivity contribution in [1.82, 2.24) is 15.4 Å². The van der Waals surface area contributed by atoms with Gasteiger partial charge in [0.2, 0.25) is 17.5 Å². The summed E-state index contributed by atoms with van der Waals surface area (Å²) < 4.78 is 10.5. The molecule has 2 aromatic carbocycles. The van der Waals surface area contributed by atoms with Gasteiger partial charge in [-0.1, -0.05) is 30.3 Å². The van der Waals surface area contributed by atoms with Crippen LogP contribution in [-0.4, -0.2) is 35.0 Å². The molecule has 0 saturated heterocycles. The molecule has 0 bridgehead atoms. The fourth-order valence-corrected chi connectivity index (χ4v) is 2.73. The summed E-state index contributed by atoms with van der Waals surface area (Å²) in [5.41, 5.74) is 5.67. The third-order valence-corrected chi connectivity index (χ3v) is 4.19. The van der Waals surface area contributed by atoms with Crippen molar-refractivity contribution < 1.29 is 19.2 Å². The number of nitrogens with zero attached hydrogens (tertiary/aromatic N) is 3. The molecular weight excluding hydrogens is 404 g/mol. The monoisotopic (exact) mass is 424 g/mol.